The molecule has 0 aromatic heterocycles. The summed E-state index contributed by atoms with van der Waals surface area (Å²) in [5.74, 6) is 0. The average Bonchev–Trinajstić information content (AvgIpc) is 3.02. The van der Waals surface area contributed by atoms with E-state index in [4.69, 9.17) is 0 Å². The fraction of sp³-hybridized carbons (Fsp3) is 0.143. The molecule has 1 unspecified atom stereocenters. The molecule has 1 aliphatic carbocycles. The van der Waals surface area contributed by atoms with Crippen LogP contribution in [0.5, 0.6) is 0 Å². The summed E-state index contributed by atoms with van der Waals surface area (Å²) >= 11 is 1.26. The van der Waals surface area contributed by atoms with Gasteiger partial charge in [-0.1, -0.05) is 0 Å². The molecule has 3 aromatic carbocycles. The zero-order valence-electron chi connectivity index (χ0n) is 13.5. The molecule has 1 aliphatic rings. The third-order valence-corrected chi connectivity index (χ3v) is 9.33. The number of hydrogen-bond donors (Lipinski definition) is 0. The van der Waals surface area contributed by atoms with Crippen LogP contribution < -0.4 is 15.0 Å². The van der Waals surface area contributed by atoms with E-state index in [1.807, 2.05) is 0 Å². The second-order valence-corrected chi connectivity index (χ2v) is 10.5. The van der Waals surface area contributed by atoms with Gasteiger partial charge in [0.1, 0.15) is 0 Å². The van der Waals surface area contributed by atoms with Crippen molar-refractivity contribution in [1.82, 2.24) is 0 Å². The zero-order valence-corrected chi connectivity index (χ0v) is 18.4. The van der Waals surface area contributed by atoms with Crippen LogP contribution in [0, 0.1) is 0 Å². The maximum atomic E-state index is 2.35. The fourth-order valence-electron chi connectivity index (χ4n) is 3.87. The Morgan fingerprint density at radius 3 is 1.92 bits per heavy atom. The molecular weight excluding hydrogens is 419 g/mol. The van der Waals surface area contributed by atoms with Crippen LogP contribution >= 0.6 is 7.92 Å². The predicted molar refractivity (Wildman–Crippen MR) is 106 cm³/mol. The quantitative estimate of drug-likeness (QED) is 0.434. The van der Waals surface area contributed by atoms with Crippen LogP contribution in [-0.4, -0.2) is 16.5 Å². The Hall–Kier alpha value is -0.848. The van der Waals surface area contributed by atoms with Crippen LogP contribution in [0.25, 0.3) is 0 Å². The van der Waals surface area contributed by atoms with Gasteiger partial charge in [-0.15, -0.1) is 0 Å². The van der Waals surface area contributed by atoms with Crippen LogP contribution in [0.15, 0.2) is 78.9 Å². The second-order valence-electron chi connectivity index (χ2n) is 6.23. The summed E-state index contributed by atoms with van der Waals surface area (Å²) in [5.41, 5.74) is 4.01. The summed E-state index contributed by atoms with van der Waals surface area (Å²) in [6.45, 7) is 0. The molecule has 3 heteroatoms. The van der Waals surface area contributed by atoms with Crippen molar-refractivity contribution in [2.24, 2.45) is 0 Å². The van der Waals surface area contributed by atoms with Gasteiger partial charge in [0.25, 0.3) is 0 Å². The van der Waals surface area contributed by atoms with Gasteiger partial charge in [0, 0.05) is 17.1 Å². The number of rotatable bonds is 3. The van der Waals surface area contributed by atoms with Crippen molar-refractivity contribution in [3.05, 3.63) is 90.0 Å². The summed E-state index contributed by atoms with van der Waals surface area (Å²) in [6, 6.07) is 29.4. The van der Waals surface area contributed by atoms with E-state index in [2.05, 4.69) is 78.9 Å². The standard InChI is InChI=1S/C21H20GeP.Cu/c22-19-13-7-8-16-14-15-20(21(16)19)23(17-9-3-1-4-10-17)18-11-5-2-6-12-18;/h1-13,20H,14-15,22H2;/p+1. The Labute approximate surface area is 164 Å². The van der Waals surface area contributed by atoms with Crippen molar-refractivity contribution in [2.45, 2.75) is 18.5 Å². The molecule has 3 aromatic rings. The van der Waals surface area contributed by atoms with Crippen molar-refractivity contribution >= 4 is 39.4 Å². The van der Waals surface area contributed by atoms with Gasteiger partial charge in [0.2, 0.25) is 0 Å². The van der Waals surface area contributed by atoms with Crippen molar-refractivity contribution in [2.75, 3.05) is 0 Å². The van der Waals surface area contributed by atoms with E-state index in [1.54, 1.807) is 26.1 Å². The van der Waals surface area contributed by atoms with Crippen molar-refractivity contribution in [1.29, 1.82) is 0 Å². The predicted octanol–water partition coefficient (Wildman–Crippen LogP) is 2.80. The first kappa shape index (κ1) is 18.0. The molecule has 0 amide bonds. The van der Waals surface area contributed by atoms with Crippen LogP contribution in [-0.2, 0) is 23.5 Å². The number of aryl methyl sites for hydroxylation is 1. The third-order valence-electron chi connectivity index (χ3n) is 4.86. The van der Waals surface area contributed by atoms with E-state index in [-0.39, 0.29) is 17.1 Å². The van der Waals surface area contributed by atoms with Gasteiger partial charge in [-0.2, -0.15) is 0 Å². The normalized spacial score (nSPS) is 15.8. The molecule has 124 valence electrons. The van der Waals surface area contributed by atoms with Gasteiger partial charge in [-0.25, -0.2) is 0 Å². The van der Waals surface area contributed by atoms with Crippen LogP contribution in [0.3, 0.4) is 0 Å². The number of fused-ring (bicyclic) bond motifs is 1. The minimum absolute atomic E-state index is 0. The van der Waals surface area contributed by atoms with Crippen LogP contribution in [0.1, 0.15) is 23.2 Å². The molecule has 0 aliphatic heterocycles. The van der Waals surface area contributed by atoms with E-state index in [9.17, 15) is 0 Å². The summed E-state index contributed by atoms with van der Waals surface area (Å²) in [5, 5.41) is 3.09. The van der Waals surface area contributed by atoms with Crippen molar-refractivity contribution in [3.63, 3.8) is 0 Å². The third kappa shape index (κ3) is 3.42. The zero-order chi connectivity index (χ0) is 15.6. The van der Waals surface area contributed by atoms with Gasteiger partial charge >= 0.3 is 148 Å². The summed E-state index contributed by atoms with van der Waals surface area (Å²) < 4.78 is 1.60. The van der Waals surface area contributed by atoms with Gasteiger partial charge < -0.3 is 0 Å². The maximum absolute atomic E-state index is 2.35. The van der Waals surface area contributed by atoms with Gasteiger partial charge in [0.15, 0.2) is 0 Å². The summed E-state index contributed by atoms with van der Waals surface area (Å²) in [6.07, 6.45) is 2.56. The van der Waals surface area contributed by atoms with Crippen LogP contribution in [0.4, 0.5) is 0 Å². The molecule has 24 heavy (non-hydrogen) atoms. The fourth-order valence-corrected chi connectivity index (χ4v) is 8.91. The molecule has 1 atom stereocenters. The molecule has 0 spiro atoms. The summed E-state index contributed by atoms with van der Waals surface area (Å²) in [4.78, 5) is 0. The minimum atomic E-state index is -0.791. The number of hydrogen-bond acceptors (Lipinski definition) is 0. The van der Waals surface area contributed by atoms with Crippen LogP contribution in [0.2, 0.25) is 0 Å². The topological polar surface area (TPSA) is 0 Å². The summed E-state index contributed by atoms with van der Waals surface area (Å²) in [7, 11) is -0.791. The van der Waals surface area contributed by atoms with Gasteiger partial charge in [0.05, 0.1) is 0 Å². The van der Waals surface area contributed by atoms with E-state index in [1.165, 1.54) is 29.4 Å². The molecule has 0 N–H and O–H groups in total. The molecule has 0 nitrogen and oxygen atoms in total. The first-order valence-electron chi connectivity index (χ1n) is 8.26. The second kappa shape index (κ2) is 8.02. The van der Waals surface area contributed by atoms with Gasteiger partial charge in [-0.3, -0.25) is 0 Å². The SMILES string of the molecule is [Cu].[GeH2][c]1cccc2c1C([PH+](c1ccccc1)c1ccccc1)CC2. The van der Waals surface area contributed by atoms with Gasteiger partial charge in [-0.05, 0) is 0 Å². The monoisotopic (exact) mass is 441 g/mol. The average molecular weight is 441 g/mol. The molecule has 0 bridgehead atoms. The van der Waals surface area contributed by atoms with E-state index >= 15 is 0 Å². The molecule has 0 heterocycles. The van der Waals surface area contributed by atoms with Crippen molar-refractivity contribution < 1.29 is 17.1 Å². The van der Waals surface area contributed by atoms with E-state index < -0.39 is 7.92 Å². The van der Waals surface area contributed by atoms with E-state index in [0.29, 0.717) is 5.66 Å². The molecule has 2 radical (unpaired) electrons. The molecular formula is C21H21CuGeP+. The Morgan fingerprint density at radius 1 is 0.750 bits per heavy atom. The first-order chi connectivity index (χ1) is 11.3. The molecule has 0 saturated carbocycles. The molecule has 0 fully saturated rings. The Bertz CT molecular complexity index is 765. The first-order valence-corrected chi connectivity index (χ1v) is 11.3. The Kier molecular flexibility index (Phi) is 6.00. The molecule has 4 rings (SSSR count). The molecule has 0 saturated heterocycles. The van der Waals surface area contributed by atoms with Crippen molar-refractivity contribution in [3.8, 4) is 0 Å². The Morgan fingerprint density at radius 2 is 1.33 bits per heavy atom. The number of benzene rings is 3. The van der Waals surface area contributed by atoms with E-state index in [0.717, 1.165) is 0 Å². The Balaban J connectivity index is 0.00000169.